The van der Waals surface area contributed by atoms with Crippen molar-refractivity contribution in [1.29, 1.82) is 0 Å². The Labute approximate surface area is 112 Å². The number of nitrogens with one attached hydrogen (secondary N) is 1. The molecule has 0 unspecified atom stereocenters. The van der Waals surface area contributed by atoms with Gasteiger partial charge in [-0.3, -0.25) is 4.79 Å². The minimum absolute atomic E-state index is 0.279. The van der Waals surface area contributed by atoms with Crippen LogP contribution >= 0.6 is 22.6 Å². The molecule has 1 aromatic rings. The number of carboxylic acids is 1. The molecule has 0 aromatic heterocycles. The molecule has 17 heavy (non-hydrogen) atoms. The highest BCUT2D eigenvalue weighted by molar-refractivity contribution is 14.1. The van der Waals surface area contributed by atoms with Crippen LogP contribution in [0.15, 0.2) is 24.3 Å². The Morgan fingerprint density at radius 1 is 1.53 bits per heavy atom. The van der Waals surface area contributed by atoms with Gasteiger partial charge in [0.15, 0.2) is 6.10 Å². The van der Waals surface area contributed by atoms with E-state index in [2.05, 4.69) is 27.9 Å². The second-order valence-electron chi connectivity index (χ2n) is 3.35. The summed E-state index contributed by atoms with van der Waals surface area (Å²) in [5.41, 5.74) is 0.661. The summed E-state index contributed by atoms with van der Waals surface area (Å²) in [6.45, 7) is 1.10. The van der Waals surface area contributed by atoms with Gasteiger partial charge in [0.2, 0.25) is 5.91 Å². The van der Waals surface area contributed by atoms with Crippen LogP contribution in [-0.4, -0.2) is 29.7 Å². The Morgan fingerprint density at radius 3 is 2.82 bits per heavy atom. The molecule has 1 aromatic carbocycles. The monoisotopic (exact) mass is 349 g/mol. The molecule has 1 rings (SSSR count). The van der Waals surface area contributed by atoms with Gasteiger partial charge < -0.3 is 15.2 Å². The van der Waals surface area contributed by atoms with Crippen molar-refractivity contribution in [2.45, 2.75) is 13.0 Å². The van der Waals surface area contributed by atoms with Crippen LogP contribution in [0.3, 0.4) is 0 Å². The molecule has 0 bridgehead atoms. The summed E-state index contributed by atoms with van der Waals surface area (Å²) >= 11 is 2.13. The average Bonchev–Trinajstić information content (AvgIpc) is 2.25. The maximum absolute atomic E-state index is 11.4. The average molecular weight is 349 g/mol. The second kappa shape index (κ2) is 6.55. The Hall–Kier alpha value is -1.15. The summed E-state index contributed by atoms with van der Waals surface area (Å²) in [5.74, 6) is -1.47. The number of carbonyl (C=O) groups excluding carboxylic acids is 1. The predicted molar refractivity (Wildman–Crippen MR) is 70.8 cm³/mol. The van der Waals surface area contributed by atoms with Gasteiger partial charge in [-0.1, -0.05) is 6.07 Å². The molecule has 0 aliphatic carbocycles. The first-order valence-electron chi connectivity index (χ1n) is 4.89. The van der Waals surface area contributed by atoms with Crippen LogP contribution in [-0.2, 0) is 14.3 Å². The number of aliphatic carboxylic acids is 1. The van der Waals surface area contributed by atoms with Crippen molar-refractivity contribution in [3.05, 3.63) is 27.8 Å². The summed E-state index contributed by atoms with van der Waals surface area (Å²) in [5, 5.41) is 11.2. The van der Waals surface area contributed by atoms with Crippen LogP contribution in [0.25, 0.3) is 0 Å². The number of carboxylic acid groups (broad SMARTS) is 1. The largest absolute Gasteiger partial charge is 0.479 e. The van der Waals surface area contributed by atoms with Crippen LogP contribution < -0.4 is 5.32 Å². The van der Waals surface area contributed by atoms with E-state index in [0.29, 0.717) is 5.69 Å². The maximum atomic E-state index is 11.4. The highest BCUT2D eigenvalue weighted by atomic mass is 127. The summed E-state index contributed by atoms with van der Waals surface area (Å²) in [7, 11) is 0. The first kappa shape index (κ1) is 13.9. The molecule has 1 atom stereocenters. The standard InChI is InChI=1S/C11H12INO4/c1-7(11(15)16)17-6-10(14)13-9-4-2-3-8(12)5-9/h2-5,7H,6H2,1H3,(H,13,14)(H,15,16)/t7-/m0/s1. The molecular weight excluding hydrogens is 337 g/mol. The van der Waals surface area contributed by atoms with Gasteiger partial charge in [-0.2, -0.15) is 0 Å². The number of anilines is 1. The van der Waals surface area contributed by atoms with Gasteiger partial charge in [-0.25, -0.2) is 4.79 Å². The number of amides is 1. The molecule has 1 amide bonds. The number of ether oxygens (including phenoxy) is 1. The third-order valence-corrected chi connectivity index (χ3v) is 2.59. The Bertz CT molecular complexity index is 422. The molecule has 0 radical (unpaired) electrons. The van der Waals surface area contributed by atoms with Gasteiger partial charge in [-0.15, -0.1) is 0 Å². The lowest BCUT2D eigenvalue weighted by Crippen LogP contribution is -2.26. The van der Waals surface area contributed by atoms with E-state index >= 15 is 0 Å². The number of rotatable bonds is 5. The quantitative estimate of drug-likeness (QED) is 0.794. The smallest absolute Gasteiger partial charge is 0.332 e. The predicted octanol–water partition coefficient (Wildman–Crippen LogP) is 1.72. The minimum Gasteiger partial charge on any atom is -0.479 e. The van der Waals surface area contributed by atoms with Crippen LogP contribution in [0.4, 0.5) is 5.69 Å². The topological polar surface area (TPSA) is 75.6 Å². The zero-order chi connectivity index (χ0) is 12.8. The molecule has 0 aliphatic rings. The van der Waals surface area contributed by atoms with Crippen molar-refractivity contribution < 1.29 is 19.4 Å². The molecule has 5 nitrogen and oxygen atoms in total. The van der Waals surface area contributed by atoms with E-state index < -0.39 is 12.1 Å². The van der Waals surface area contributed by atoms with Crippen molar-refractivity contribution >= 4 is 40.2 Å². The molecule has 6 heteroatoms. The Morgan fingerprint density at radius 2 is 2.24 bits per heavy atom. The van der Waals surface area contributed by atoms with E-state index in [1.165, 1.54) is 6.92 Å². The lowest BCUT2D eigenvalue weighted by Gasteiger charge is -2.09. The van der Waals surface area contributed by atoms with Crippen LogP contribution in [0.1, 0.15) is 6.92 Å². The lowest BCUT2D eigenvalue weighted by molar-refractivity contribution is -0.150. The first-order valence-corrected chi connectivity index (χ1v) is 5.96. The maximum Gasteiger partial charge on any atom is 0.332 e. The number of carbonyl (C=O) groups is 2. The summed E-state index contributed by atoms with van der Waals surface area (Å²) < 4.78 is 5.85. The fraction of sp³-hybridized carbons (Fsp3) is 0.273. The van der Waals surface area contributed by atoms with Crippen molar-refractivity contribution in [2.24, 2.45) is 0 Å². The molecule has 0 heterocycles. The van der Waals surface area contributed by atoms with Crippen LogP contribution in [0.2, 0.25) is 0 Å². The van der Waals surface area contributed by atoms with Gasteiger partial charge >= 0.3 is 5.97 Å². The van der Waals surface area contributed by atoms with E-state index in [4.69, 9.17) is 9.84 Å². The van der Waals surface area contributed by atoms with Crippen molar-refractivity contribution in [3.8, 4) is 0 Å². The molecule has 0 aliphatic heterocycles. The second-order valence-corrected chi connectivity index (χ2v) is 4.60. The summed E-state index contributed by atoms with van der Waals surface area (Å²) in [6, 6.07) is 7.27. The molecule has 0 fully saturated rings. The summed E-state index contributed by atoms with van der Waals surface area (Å²) in [6.07, 6.45) is -0.989. The van der Waals surface area contributed by atoms with Gasteiger partial charge in [0.1, 0.15) is 6.61 Å². The van der Waals surface area contributed by atoms with Crippen molar-refractivity contribution in [1.82, 2.24) is 0 Å². The number of hydrogen-bond acceptors (Lipinski definition) is 3. The van der Waals surface area contributed by atoms with Crippen molar-refractivity contribution in [3.63, 3.8) is 0 Å². The van der Waals surface area contributed by atoms with Gasteiger partial charge in [0.25, 0.3) is 0 Å². The van der Waals surface area contributed by atoms with Gasteiger partial charge in [-0.05, 0) is 47.7 Å². The zero-order valence-electron chi connectivity index (χ0n) is 9.14. The van der Waals surface area contributed by atoms with Crippen LogP contribution in [0, 0.1) is 3.57 Å². The zero-order valence-corrected chi connectivity index (χ0v) is 11.3. The Balaban J connectivity index is 2.42. The number of halogens is 1. The van der Waals surface area contributed by atoms with Gasteiger partial charge in [0, 0.05) is 9.26 Å². The third-order valence-electron chi connectivity index (χ3n) is 1.92. The first-order chi connectivity index (χ1) is 7.99. The normalized spacial score (nSPS) is 11.9. The van der Waals surface area contributed by atoms with E-state index in [9.17, 15) is 9.59 Å². The molecule has 92 valence electrons. The number of benzene rings is 1. The highest BCUT2D eigenvalue weighted by Crippen LogP contribution is 2.12. The molecule has 2 N–H and O–H groups in total. The summed E-state index contributed by atoms with van der Waals surface area (Å²) in [4.78, 5) is 21.9. The highest BCUT2D eigenvalue weighted by Gasteiger charge is 2.13. The molecular formula is C11H12INO4. The SMILES string of the molecule is C[C@H](OCC(=O)Nc1cccc(I)c1)C(=O)O. The lowest BCUT2D eigenvalue weighted by atomic mass is 10.3. The third kappa shape index (κ3) is 5.14. The van der Waals surface area contributed by atoms with Crippen LogP contribution in [0.5, 0.6) is 0 Å². The molecule has 0 spiro atoms. The molecule has 0 saturated carbocycles. The van der Waals surface area contributed by atoms with E-state index in [1.807, 2.05) is 12.1 Å². The van der Waals surface area contributed by atoms with E-state index in [-0.39, 0.29) is 12.5 Å². The van der Waals surface area contributed by atoms with Crippen molar-refractivity contribution in [2.75, 3.05) is 11.9 Å². The van der Waals surface area contributed by atoms with E-state index in [0.717, 1.165) is 3.57 Å². The van der Waals surface area contributed by atoms with Gasteiger partial charge in [0.05, 0.1) is 0 Å². The fourth-order valence-corrected chi connectivity index (χ4v) is 1.58. The fourth-order valence-electron chi connectivity index (χ4n) is 1.04. The van der Waals surface area contributed by atoms with E-state index in [1.54, 1.807) is 12.1 Å². The molecule has 0 saturated heterocycles. The minimum atomic E-state index is -1.09. The Kier molecular flexibility index (Phi) is 5.36. The number of hydrogen-bond donors (Lipinski definition) is 2.